The van der Waals surface area contributed by atoms with Crippen molar-refractivity contribution in [2.45, 2.75) is 18.9 Å². The summed E-state index contributed by atoms with van der Waals surface area (Å²) in [5.41, 5.74) is 6.18. The van der Waals surface area contributed by atoms with Gasteiger partial charge in [-0.3, -0.25) is 14.5 Å². The highest BCUT2D eigenvalue weighted by atomic mass is 16.5. The van der Waals surface area contributed by atoms with E-state index in [1.165, 1.54) is 0 Å². The second-order valence-electron chi connectivity index (χ2n) is 7.40. The fourth-order valence-electron chi connectivity index (χ4n) is 3.89. The van der Waals surface area contributed by atoms with Crippen LogP contribution >= 0.6 is 0 Å². The van der Waals surface area contributed by atoms with Crippen molar-refractivity contribution in [2.75, 3.05) is 47.5 Å². The van der Waals surface area contributed by atoms with E-state index in [4.69, 9.17) is 19.9 Å². The van der Waals surface area contributed by atoms with Crippen molar-refractivity contribution in [1.29, 1.82) is 0 Å². The number of amides is 2. The largest absolute Gasteiger partial charge is 0.493 e. The van der Waals surface area contributed by atoms with Crippen molar-refractivity contribution in [1.82, 2.24) is 9.80 Å². The van der Waals surface area contributed by atoms with Gasteiger partial charge in [-0.2, -0.15) is 0 Å². The van der Waals surface area contributed by atoms with E-state index in [9.17, 15) is 9.59 Å². The third-order valence-electron chi connectivity index (χ3n) is 5.73. The lowest BCUT2D eigenvalue weighted by Gasteiger charge is -2.47. The van der Waals surface area contributed by atoms with Gasteiger partial charge in [0.15, 0.2) is 11.5 Å². The van der Waals surface area contributed by atoms with Gasteiger partial charge in [-0.05, 0) is 49.7 Å². The second-order valence-corrected chi connectivity index (χ2v) is 7.40. The number of methoxy groups -OCH3 is 3. The highest BCUT2D eigenvalue weighted by Crippen LogP contribution is 2.38. The first-order valence-electron chi connectivity index (χ1n) is 9.77. The second kappa shape index (κ2) is 9.17. The average Bonchev–Trinajstić information content (AvgIpc) is 2.70. The lowest BCUT2D eigenvalue weighted by atomic mass is 9.94. The Morgan fingerprint density at radius 1 is 1.03 bits per heavy atom. The predicted molar refractivity (Wildman–Crippen MR) is 109 cm³/mol. The molecular formula is C21H29N3O5. The van der Waals surface area contributed by atoms with Crippen LogP contribution in [0.5, 0.6) is 17.2 Å². The molecule has 0 aliphatic carbocycles. The Balaban J connectivity index is 1.54. The topological polar surface area (TPSA) is 94.3 Å². The standard InChI is InChI=1S/C21H29N3O5/c1-27-17-10-14(11-18(28-2)20(17)29-3)4-5-19(25)24-12-16(13-24)23-8-6-15(7-9-23)21(22)26/h4-5,10-11,15-16H,6-9,12-13H2,1-3H3,(H2,22,26)/b5-4+. The van der Waals surface area contributed by atoms with Crippen molar-refractivity contribution in [3.05, 3.63) is 23.8 Å². The van der Waals surface area contributed by atoms with Gasteiger partial charge >= 0.3 is 0 Å². The third-order valence-corrected chi connectivity index (χ3v) is 5.73. The minimum Gasteiger partial charge on any atom is -0.493 e. The molecule has 2 N–H and O–H groups in total. The Labute approximate surface area is 171 Å². The summed E-state index contributed by atoms with van der Waals surface area (Å²) in [6, 6.07) is 3.96. The first-order valence-corrected chi connectivity index (χ1v) is 9.77. The van der Waals surface area contributed by atoms with Gasteiger partial charge in [0.2, 0.25) is 17.6 Å². The van der Waals surface area contributed by atoms with E-state index in [1.54, 1.807) is 45.6 Å². The Hall–Kier alpha value is -2.74. The Morgan fingerprint density at radius 2 is 1.62 bits per heavy atom. The molecule has 1 aromatic carbocycles. The van der Waals surface area contributed by atoms with Crippen molar-refractivity contribution in [3.8, 4) is 17.2 Å². The monoisotopic (exact) mass is 403 g/mol. The number of hydrogen-bond donors (Lipinski definition) is 1. The van der Waals surface area contributed by atoms with Gasteiger partial charge < -0.3 is 24.8 Å². The summed E-state index contributed by atoms with van der Waals surface area (Å²) in [6.07, 6.45) is 4.93. The zero-order chi connectivity index (χ0) is 21.0. The SMILES string of the molecule is COc1cc(/C=C/C(=O)N2CC(N3CCC(C(N)=O)CC3)C2)cc(OC)c1OC. The van der Waals surface area contributed by atoms with Crippen molar-refractivity contribution in [2.24, 2.45) is 11.7 Å². The average molecular weight is 403 g/mol. The highest BCUT2D eigenvalue weighted by Gasteiger charge is 2.36. The summed E-state index contributed by atoms with van der Waals surface area (Å²) in [4.78, 5) is 27.9. The fraction of sp³-hybridized carbons (Fsp3) is 0.524. The van der Waals surface area contributed by atoms with Gasteiger partial charge in [0.25, 0.3) is 0 Å². The number of piperidine rings is 1. The minimum absolute atomic E-state index is 0.00882. The van der Waals surface area contributed by atoms with Gasteiger partial charge in [-0.15, -0.1) is 0 Å². The first-order chi connectivity index (χ1) is 14.0. The summed E-state index contributed by atoms with van der Waals surface area (Å²) < 4.78 is 16.0. The molecule has 0 bridgehead atoms. The third kappa shape index (κ3) is 4.64. The van der Waals surface area contributed by atoms with Crippen LogP contribution in [-0.2, 0) is 9.59 Å². The van der Waals surface area contributed by atoms with Crippen LogP contribution in [0.4, 0.5) is 0 Å². The molecule has 1 aromatic rings. The maximum Gasteiger partial charge on any atom is 0.246 e. The maximum absolute atomic E-state index is 12.5. The molecule has 2 saturated heterocycles. The molecule has 2 amide bonds. The quantitative estimate of drug-likeness (QED) is 0.686. The summed E-state index contributed by atoms with van der Waals surface area (Å²) in [5, 5.41) is 0. The summed E-state index contributed by atoms with van der Waals surface area (Å²) in [6.45, 7) is 3.14. The molecule has 2 aliphatic rings. The minimum atomic E-state index is -0.202. The number of hydrogen-bond acceptors (Lipinski definition) is 6. The van der Waals surface area contributed by atoms with Crippen LogP contribution in [0.15, 0.2) is 18.2 Å². The number of benzene rings is 1. The number of nitrogens with two attached hydrogens (primary N) is 1. The molecule has 0 spiro atoms. The Kier molecular flexibility index (Phi) is 6.64. The van der Waals surface area contributed by atoms with Crippen LogP contribution in [0.2, 0.25) is 0 Å². The lowest BCUT2D eigenvalue weighted by molar-refractivity contribution is -0.133. The molecule has 29 heavy (non-hydrogen) atoms. The van der Waals surface area contributed by atoms with Crippen LogP contribution in [0, 0.1) is 5.92 Å². The molecule has 0 atom stereocenters. The Morgan fingerprint density at radius 3 is 2.10 bits per heavy atom. The fourth-order valence-corrected chi connectivity index (χ4v) is 3.89. The van der Waals surface area contributed by atoms with Crippen LogP contribution < -0.4 is 19.9 Å². The smallest absolute Gasteiger partial charge is 0.246 e. The molecule has 0 aromatic heterocycles. The molecule has 2 fully saturated rings. The highest BCUT2D eigenvalue weighted by molar-refractivity contribution is 5.92. The molecular weight excluding hydrogens is 374 g/mol. The van der Waals surface area contributed by atoms with E-state index in [1.807, 2.05) is 4.90 Å². The number of nitrogens with zero attached hydrogens (tertiary/aromatic N) is 2. The van der Waals surface area contributed by atoms with Crippen molar-refractivity contribution >= 4 is 17.9 Å². The van der Waals surface area contributed by atoms with E-state index in [2.05, 4.69) is 4.90 Å². The van der Waals surface area contributed by atoms with E-state index in [0.717, 1.165) is 31.5 Å². The number of carbonyl (C=O) groups excluding carboxylic acids is 2. The zero-order valence-electron chi connectivity index (χ0n) is 17.2. The number of carbonyl (C=O) groups is 2. The normalized spacial score (nSPS) is 18.5. The number of rotatable bonds is 7. The summed E-state index contributed by atoms with van der Waals surface area (Å²) in [7, 11) is 4.67. The molecule has 2 heterocycles. The van der Waals surface area contributed by atoms with Gasteiger partial charge in [0.05, 0.1) is 21.3 Å². The van der Waals surface area contributed by atoms with Gasteiger partial charge in [0.1, 0.15) is 0 Å². The number of primary amides is 1. The predicted octanol–water partition coefficient (Wildman–Crippen LogP) is 1.13. The van der Waals surface area contributed by atoms with Crippen molar-refractivity contribution < 1.29 is 23.8 Å². The molecule has 0 saturated carbocycles. The first kappa shape index (κ1) is 21.0. The van der Waals surface area contributed by atoms with Crippen LogP contribution in [0.25, 0.3) is 6.08 Å². The summed E-state index contributed by atoms with van der Waals surface area (Å²) in [5.74, 6) is 1.37. The maximum atomic E-state index is 12.5. The van der Waals surface area contributed by atoms with Crippen molar-refractivity contribution in [3.63, 3.8) is 0 Å². The Bertz CT molecular complexity index is 756. The molecule has 8 heteroatoms. The van der Waals surface area contributed by atoms with E-state index >= 15 is 0 Å². The van der Waals surface area contributed by atoms with Gasteiger partial charge in [0, 0.05) is 31.1 Å². The van der Waals surface area contributed by atoms with Crippen LogP contribution in [0.3, 0.4) is 0 Å². The van der Waals surface area contributed by atoms with E-state index in [-0.39, 0.29) is 17.7 Å². The molecule has 0 unspecified atom stereocenters. The molecule has 3 rings (SSSR count). The lowest BCUT2D eigenvalue weighted by Crippen LogP contribution is -2.62. The van der Waals surface area contributed by atoms with Gasteiger partial charge in [-0.25, -0.2) is 0 Å². The van der Waals surface area contributed by atoms with Crippen LogP contribution in [-0.4, -0.2) is 75.2 Å². The van der Waals surface area contributed by atoms with E-state index in [0.29, 0.717) is 36.4 Å². The molecule has 0 radical (unpaired) electrons. The molecule has 2 aliphatic heterocycles. The summed E-state index contributed by atoms with van der Waals surface area (Å²) >= 11 is 0. The van der Waals surface area contributed by atoms with Gasteiger partial charge in [-0.1, -0.05) is 0 Å². The molecule has 8 nitrogen and oxygen atoms in total. The molecule has 158 valence electrons. The van der Waals surface area contributed by atoms with E-state index < -0.39 is 0 Å². The number of ether oxygens (including phenoxy) is 3. The number of likely N-dealkylation sites (tertiary alicyclic amines) is 2. The zero-order valence-corrected chi connectivity index (χ0v) is 17.2. The van der Waals surface area contributed by atoms with Crippen LogP contribution in [0.1, 0.15) is 18.4 Å².